The lowest BCUT2D eigenvalue weighted by Crippen LogP contribution is -2.33. The number of hydrogen-bond acceptors (Lipinski definition) is 4. The van der Waals surface area contributed by atoms with Crippen LogP contribution in [0.25, 0.3) is 0 Å². The molecule has 5 nitrogen and oxygen atoms in total. The van der Waals surface area contributed by atoms with Crippen molar-refractivity contribution in [1.29, 1.82) is 0 Å². The summed E-state index contributed by atoms with van der Waals surface area (Å²) in [7, 11) is -3.53. The van der Waals surface area contributed by atoms with Gasteiger partial charge < -0.3 is 5.32 Å². The number of nitrogens with one attached hydrogen (secondary N) is 1. The van der Waals surface area contributed by atoms with E-state index in [-0.39, 0.29) is 10.8 Å². The maximum Gasteiger partial charge on any atom is 0.243 e. The fourth-order valence-electron chi connectivity index (χ4n) is 2.99. The molecule has 1 atom stereocenters. The minimum Gasteiger partial charge on any atom is -0.326 e. The molecule has 138 valence electrons. The Hall–Kier alpha value is -1.83. The molecule has 7 heteroatoms. The predicted octanol–water partition coefficient (Wildman–Crippen LogP) is 3.51. The Kier molecular flexibility index (Phi) is 6.01. The zero-order valence-corrected chi connectivity index (χ0v) is 16.2. The topological polar surface area (TPSA) is 66.5 Å². The highest BCUT2D eigenvalue weighted by Crippen LogP contribution is 2.35. The lowest BCUT2D eigenvalue weighted by atomic mass is 10.1. The van der Waals surface area contributed by atoms with Gasteiger partial charge in [-0.2, -0.15) is 16.1 Å². The van der Waals surface area contributed by atoms with E-state index >= 15 is 0 Å². The molecule has 1 aliphatic heterocycles. The van der Waals surface area contributed by atoms with Gasteiger partial charge >= 0.3 is 0 Å². The Morgan fingerprint density at radius 1 is 1.08 bits per heavy atom. The lowest BCUT2D eigenvalue weighted by Gasteiger charge is -2.20. The Balaban J connectivity index is 1.72. The molecule has 1 unspecified atom stereocenters. The van der Waals surface area contributed by atoms with E-state index in [0.29, 0.717) is 24.0 Å². The van der Waals surface area contributed by atoms with Crippen molar-refractivity contribution < 1.29 is 13.2 Å². The Labute approximate surface area is 158 Å². The molecule has 1 heterocycles. The third-order valence-electron chi connectivity index (χ3n) is 4.28. The third kappa shape index (κ3) is 4.47. The van der Waals surface area contributed by atoms with Gasteiger partial charge in [-0.25, -0.2) is 8.42 Å². The van der Waals surface area contributed by atoms with Crippen LogP contribution in [0.5, 0.6) is 0 Å². The van der Waals surface area contributed by atoms with Crippen LogP contribution in [0, 0.1) is 0 Å². The Morgan fingerprint density at radius 3 is 2.42 bits per heavy atom. The summed E-state index contributed by atoms with van der Waals surface area (Å²) in [4.78, 5) is 11.3. The second kappa shape index (κ2) is 8.24. The molecule has 1 aliphatic rings. The molecule has 0 spiro atoms. The molecule has 0 saturated carbocycles. The number of benzene rings is 2. The van der Waals surface area contributed by atoms with Crippen LogP contribution >= 0.6 is 11.8 Å². The van der Waals surface area contributed by atoms with Crippen molar-refractivity contribution in [3.05, 3.63) is 60.2 Å². The molecular formula is C19H22N2O3S2. The average molecular weight is 391 g/mol. The van der Waals surface area contributed by atoms with Crippen LogP contribution in [0.15, 0.2) is 59.5 Å². The monoisotopic (exact) mass is 390 g/mol. The Bertz CT molecular complexity index is 852. The van der Waals surface area contributed by atoms with Gasteiger partial charge in [-0.1, -0.05) is 30.3 Å². The maximum atomic E-state index is 12.9. The zero-order valence-electron chi connectivity index (χ0n) is 14.6. The molecule has 1 saturated heterocycles. The van der Waals surface area contributed by atoms with Crippen molar-refractivity contribution >= 4 is 33.4 Å². The molecule has 0 bridgehead atoms. The molecule has 1 fully saturated rings. The molecule has 2 aromatic rings. The van der Waals surface area contributed by atoms with Crippen molar-refractivity contribution in [2.45, 2.75) is 23.5 Å². The first-order chi connectivity index (χ1) is 12.5. The van der Waals surface area contributed by atoms with E-state index in [1.165, 1.54) is 12.5 Å². The van der Waals surface area contributed by atoms with Crippen LogP contribution in [0.1, 0.15) is 24.2 Å². The first kappa shape index (κ1) is 18.9. The van der Waals surface area contributed by atoms with Crippen LogP contribution < -0.4 is 5.32 Å². The number of carbonyl (C=O) groups is 1. The Morgan fingerprint density at radius 2 is 1.77 bits per heavy atom. The van der Waals surface area contributed by atoms with E-state index in [1.54, 1.807) is 28.6 Å². The summed E-state index contributed by atoms with van der Waals surface area (Å²) >= 11 is 1.81. The summed E-state index contributed by atoms with van der Waals surface area (Å²) in [6.07, 6.45) is 0.790. The summed E-state index contributed by atoms with van der Waals surface area (Å²) < 4.78 is 27.5. The second-order valence-electron chi connectivity index (χ2n) is 6.17. The normalized spacial score (nSPS) is 18.9. The van der Waals surface area contributed by atoms with Crippen LogP contribution in [0.3, 0.4) is 0 Å². The third-order valence-corrected chi connectivity index (χ3v) is 7.53. The molecule has 0 radical (unpaired) electrons. The predicted molar refractivity (Wildman–Crippen MR) is 106 cm³/mol. The van der Waals surface area contributed by atoms with Gasteiger partial charge in [-0.05, 0) is 36.2 Å². The van der Waals surface area contributed by atoms with Gasteiger partial charge in [0.2, 0.25) is 15.9 Å². The van der Waals surface area contributed by atoms with Crippen LogP contribution in [0.4, 0.5) is 5.69 Å². The zero-order chi connectivity index (χ0) is 18.6. The highest BCUT2D eigenvalue weighted by molar-refractivity contribution is 7.99. The van der Waals surface area contributed by atoms with Gasteiger partial charge in [0.05, 0.1) is 4.90 Å². The summed E-state index contributed by atoms with van der Waals surface area (Å²) in [6.45, 7) is 2.43. The number of hydrogen-bond donors (Lipinski definition) is 1. The minimum absolute atomic E-state index is 0.183. The lowest BCUT2D eigenvalue weighted by molar-refractivity contribution is -0.114. The fourth-order valence-corrected chi connectivity index (χ4v) is 5.79. The second-order valence-corrected chi connectivity index (χ2v) is 9.42. The van der Waals surface area contributed by atoms with Gasteiger partial charge in [-0.3, -0.25) is 4.79 Å². The van der Waals surface area contributed by atoms with E-state index in [1.807, 2.05) is 30.0 Å². The molecule has 1 amide bonds. The van der Waals surface area contributed by atoms with Crippen LogP contribution in [-0.4, -0.2) is 37.5 Å². The van der Waals surface area contributed by atoms with E-state index in [2.05, 4.69) is 17.4 Å². The summed E-state index contributed by atoms with van der Waals surface area (Å²) in [5.74, 6) is 0.583. The number of rotatable bonds is 4. The summed E-state index contributed by atoms with van der Waals surface area (Å²) in [6, 6.07) is 16.6. The highest BCUT2D eigenvalue weighted by atomic mass is 32.2. The fraction of sp³-hybridized carbons (Fsp3) is 0.316. The van der Waals surface area contributed by atoms with Crippen molar-refractivity contribution in [2.24, 2.45) is 0 Å². The van der Waals surface area contributed by atoms with Crippen molar-refractivity contribution in [1.82, 2.24) is 4.31 Å². The van der Waals surface area contributed by atoms with E-state index < -0.39 is 10.0 Å². The van der Waals surface area contributed by atoms with Gasteiger partial charge in [0, 0.05) is 36.7 Å². The number of thioether (sulfide) groups is 1. The molecule has 0 aromatic heterocycles. The molecule has 0 aliphatic carbocycles. The average Bonchev–Trinajstić information content (AvgIpc) is 2.89. The SMILES string of the molecule is CC(=O)Nc1ccc(S(=O)(=O)N2CCSC(c3ccccc3)CC2)cc1. The van der Waals surface area contributed by atoms with Crippen LogP contribution in [0.2, 0.25) is 0 Å². The highest BCUT2D eigenvalue weighted by Gasteiger charge is 2.28. The number of amides is 1. The maximum absolute atomic E-state index is 12.9. The smallest absolute Gasteiger partial charge is 0.243 e. The number of sulfonamides is 1. The quantitative estimate of drug-likeness (QED) is 0.867. The van der Waals surface area contributed by atoms with Crippen molar-refractivity contribution in [3.63, 3.8) is 0 Å². The molecule has 26 heavy (non-hydrogen) atoms. The van der Waals surface area contributed by atoms with Crippen LogP contribution in [-0.2, 0) is 14.8 Å². The van der Waals surface area contributed by atoms with Gasteiger partial charge in [0.15, 0.2) is 0 Å². The number of carbonyl (C=O) groups excluding carboxylic acids is 1. The first-order valence-corrected chi connectivity index (χ1v) is 11.0. The summed E-state index contributed by atoms with van der Waals surface area (Å²) in [5.41, 5.74) is 1.84. The van der Waals surface area contributed by atoms with Crippen molar-refractivity contribution in [3.8, 4) is 0 Å². The largest absolute Gasteiger partial charge is 0.326 e. The van der Waals surface area contributed by atoms with E-state index in [4.69, 9.17) is 0 Å². The first-order valence-electron chi connectivity index (χ1n) is 8.51. The number of anilines is 1. The van der Waals surface area contributed by atoms with Gasteiger partial charge in [-0.15, -0.1) is 0 Å². The van der Waals surface area contributed by atoms with E-state index in [9.17, 15) is 13.2 Å². The van der Waals surface area contributed by atoms with Gasteiger partial charge in [0.25, 0.3) is 0 Å². The standard InChI is InChI=1S/C19H22N2O3S2/c1-15(22)20-17-7-9-18(10-8-17)26(23,24)21-12-11-19(25-14-13-21)16-5-3-2-4-6-16/h2-10,19H,11-14H2,1H3,(H,20,22). The van der Waals surface area contributed by atoms with Gasteiger partial charge in [0.1, 0.15) is 0 Å². The number of nitrogens with zero attached hydrogens (tertiary/aromatic N) is 1. The molecule has 2 aromatic carbocycles. The van der Waals surface area contributed by atoms with E-state index in [0.717, 1.165) is 12.2 Å². The molecule has 3 rings (SSSR count). The molecular weight excluding hydrogens is 368 g/mol. The minimum atomic E-state index is -3.53. The molecule has 1 N–H and O–H groups in total. The van der Waals surface area contributed by atoms with Crippen molar-refractivity contribution in [2.75, 3.05) is 24.2 Å². The summed E-state index contributed by atoms with van der Waals surface area (Å²) in [5, 5.41) is 2.96.